The summed E-state index contributed by atoms with van der Waals surface area (Å²) in [6.45, 7) is 1.99. The number of benzene rings is 3. The first-order valence-corrected chi connectivity index (χ1v) is 12.6. The van der Waals surface area contributed by atoms with Crippen LogP contribution in [0.25, 0.3) is 0 Å². The molecule has 1 amide bonds. The summed E-state index contributed by atoms with van der Waals surface area (Å²) in [6.07, 6.45) is 1.89. The Morgan fingerprint density at radius 2 is 1.57 bits per heavy atom. The van der Waals surface area contributed by atoms with Crippen molar-refractivity contribution in [3.8, 4) is 0 Å². The van der Waals surface area contributed by atoms with E-state index in [9.17, 15) is 13.2 Å². The number of hydrogen-bond donors (Lipinski definition) is 1. The largest absolute Gasteiger partial charge is 0.345 e. The van der Waals surface area contributed by atoms with E-state index in [-0.39, 0.29) is 16.8 Å². The van der Waals surface area contributed by atoms with Crippen LogP contribution in [-0.4, -0.2) is 20.6 Å². The Bertz CT molecular complexity index is 1080. The summed E-state index contributed by atoms with van der Waals surface area (Å²) in [6, 6.07) is 24.4. The molecule has 0 saturated heterocycles. The zero-order valence-corrected chi connectivity index (χ0v) is 18.7. The molecule has 3 rings (SSSR count). The van der Waals surface area contributed by atoms with Crippen molar-refractivity contribution in [1.82, 2.24) is 5.32 Å². The quantitative estimate of drug-likeness (QED) is 0.486. The second-order valence-corrected chi connectivity index (χ2v) is 10.1. The van der Waals surface area contributed by atoms with E-state index >= 15 is 0 Å². The van der Waals surface area contributed by atoms with Gasteiger partial charge in [-0.15, -0.1) is 11.8 Å². The van der Waals surface area contributed by atoms with Crippen LogP contribution >= 0.6 is 11.8 Å². The zero-order chi connectivity index (χ0) is 21.6. The third-order valence-electron chi connectivity index (χ3n) is 4.79. The molecule has 4 nitrogen and oxygen atoms in total. The van der Waals surface area contributed by atoms with Crippen LogP contribution in [0.4, 0.5) is 0 Å². The summed E-state index contributed by atoms with van der Waals surface area (Å²) < 4.78 is 23.3. The zero-order valence-electron chi connectivity index (χ0n) is 17.0. The van der Waals surface area contributed by atoms with Gasteiger partial charge in [-0.3, -0.25) is 4.79 Å². The average Bonchev–Trinajstić information content (AvgIpc) is 2.76. The third-order valence-corrected chi connectivity index (χ3v) is 7.00. The normalized spacial score (nSPS) is 12.3. The molecule has 0 aromatic heterocycles. The monoisotopic (exact) mass is 439 g/mol. The molecule has 0 aliphatic carbocycles. The highest BCUT2D eigenvalue weighted by atomic mass is 32.2. The van der Waals surface area contributed by atoms with Crippen LogP contribution < -0.4 is 5.32 Å². The molecule has 0 saturated carbocycles. The van der Waals surface area contributed by atoms with Crippen LogP contribution in [-0.2, 0) is 15.6 Å². The fraction of sp³-hybridized carbons (Fsp3) is 0.208. The minimum atomic E-state index is -3.23. The number of sulfone groups is 1. The van der Waals surface area contributed by atoms with Crippen molar-refractivity contribution < 1.29 is 13.2 Å². The van der Waals surface area contributed by atoms with Gasteiger partial charge in [-0.05, 0) is 53.9 Å². The van der Waals surface area contributed by atoms with E-state index in [4.69, 9.17) is 0 Å². The lowest BCUT2D eigenvalue weighted by atomic mass is 10.0. The van der Waals surface area contributed by atoms with Crippen LogP contribution in [0.2, 0.25) is 0 Å². The molecule has 0 aliphatic rings. The molecule has 3 aromatic rings. The van der Waals surface area contributed by atoms with E-state index in [1.165, 1.54) is 11.2 Å². The number of carbonyl (C=O) groups is 1. The maximum Gasteiger partial charge on any atom is 0.251 e. The van der Waals surface area contributed by atoms with Crippen LogP contribution in [0, 0.1) is 0 Å². The van der Waals surface area contributed by atoms with Gasteiger partial charge in [0.2, 0.25) is 0 Å². The van der Waals surface area contributed by atoms with Crippen molar-refractivity contribution >= 4 is 27.5 Å². The van der Waals surface area contributed by atoms with Crippen LogP contribution in [0.5, 0.6) is 0 Å². The van der Waals surface area contributed by atoms with E-state index in [1.54, 1.807) is 36.0 Å². The van der Waals surface area contributed by atoms with E-state index in [0.29, 0.717) is 12.0 Å². The topological polar surface area (TPSA) is 63.2 Å². The van der Waals surface area contributed by atoms with Crippen molar-refractivity contribution in [2.75, 3.05) is 6.26 Å². The predicted molar refractivity (Wildman–Crippen MR) is 122 cm³/mol. The SMILES string of the molecule is CCC(NC(=O)c1ccc(CSc2ccccc2)cc1)c1ccc(S(C)(=O)=O)cc1. The standard InChI is InChI=1S/C24H25NO3S2/c1-3-23(19-13-15-22(16-14-19)30(2,27)28)25-24(26)20-11-9-18(10-12-20)17-29-21-7-5-4-6-8-21/h4-16,23H,3,17H2,1-2H3,(H,25,26). The highest BCUT2D eigenvalue weighted by molar-refractivity contribution is 7.98. The predicted octanol–water partition coefficient (Wildman–Crippen LogP) is 5.26. The summed E-state index contributed by atoms with van der Waals surface area (Å²) in [7, 11) is -3.23. The Balaban J connectivity index is 1.62. The van der Waals surface area contributed by atoms with Crippen molar-refractivity contribution in [1.29, 1.82) is 0 Å². The van der Waals surface area contributed by atoms with Crippen molar-refractivity contribution in [2.24, 2.45) is 0 Å². The summed E-state index contributed by atoms with van der Waals surface area (Å²) in [4.78, 5) is 14.2. The molecule has 3 aromatic carbocycles. The molecule has 0 bridgehead atoms. The Morgan fingerprint density at radius 3 is 2.13 bits per heavy atom. The first kappa shape index (κ1) is 22.1. The first-order valence-electron chi connectivity index (χ1n) is 9.74. The summed E-state index contributed by atoms with van der Waals surface area (Å²) in [5.41, 5.74) is 2.65. The number of amides is 1. The maximum absolute atomic E-state index is 12.7. The van der Waals surface area contributed by atoms with Gasteiger partial charge in [-0.25, -0.2) is 8.42 Å². The third kappa shape index (κ3) is 5.97. The van der Waals surface area contributed by atoms with Gasteiger partial charge in [0.05, 0.1) is 10.9 Å². The molecule has 0 aliphatic heterocycles. The number of rotatable bonds is 8. The van der Waals surface area contributed by atoms with Crippen molar-refractivity contribution in [2.45, 2.75) is 34.9 Å². The maximum atomic E-state index is 12.7. The molecule has 0 heterocycles. The van der Waals surface area contributed by atoms with E-state index in [0.717, 1.165) is 16.9 Å². The van der Waals surface area contributed by atoms with Gasteiger partial charge in [-0.1, -0.05) is 49.4 Å². The Morgan fingerprint density at radius 1 is 0.933 bits per heavy atom. The van der Waals surface area contributed by atoms with Crippen molar-refractivity contribution in [3.05, 3.63) is 95.6 Å². The molecule has 156 valence electrons. The van der Waals surface area contributed by atoms with Gasteiger partial charge in [0.1, 0.15) is 0 Å². The number of hydrogen-bond acceptors (Lipinski definition) is 4. The highest BCUT2D eigenvalue weighted by Crippen LogP contribution is 2.23. The van der Waals surface area contributed by atoms with E-state index < -0.39 is 9.84 Å². The lowest BCUT2D eigenvalue weighted by Gasteiger charge is -2.18. The molecular formula is C24H25NO3S2. The van der Waals surface area contributed by atoms with Gasteiger partial charge in [-0.2, -0.15) is 0 Å². The lowest BCUT2D eigenvalue weighted by Crippen LogP contribution is -2.28. The fourth-order valence-corrected chi connectivity index (χ4v) is 4.55. The van der Waals surface area contributed by atoms with Gasteiger partial charge < -0.3 is 5.32 Å². The van der Waals surface area contributed by atoms with Gasteiger partial charge in [0.15, 0.2) is 9.84 Å². The molecule has 1 unspecified atom stereocenters. The Hall–Kier alpha value is -2.57. The first-order chi connectivity index (χ1) is 14.4. The minimum absolute atomic E-state index is 0.142. The number of thioether (sulfide) groups is 1. The Kier molecular flexibility index (Phi) is 7.34. The number of carbonyl (C=O) groups excluding carboxylic acids is 1. The lowest BCUT2D eigenvalue weighted by molar-refractivity contribution is 0.0935. The van der Waals surface area contributed by atoms with Crippen LogP contribution in [0.15, 0.2) is 88.7 Å². The molecule has 30 heavy (non-hydrogen) atoms. The molecule has 6 heteroatoms. The summed E-state index contributed by atoms with van der Waals surface area (Å²) >= 11 is 1.76. The molecular weight excluding hydrogens is 414 g/mol. The highest BCUT2D eigenvalue weighted by Gasteiger charge is 2.15. The van der Waals surface area contributed by atoms with Gasteiger partial charge >= 0.3 is 0 Å². The molecule has 0 fully saturated rings. The summed E-state index contributed by atoms with van der Waals surface area (Å²) in [5, 5.41) is 3.04. The number of nitrogens with one attached hydrogen (secondary N) is 1. The summed E-state index contributed by atoms with van der Waals surface area (Å²) in [5.74, 6) is 0.701. The molecule has 0 radical (unpaired) electrons. The molecule has 1 atom stereocenters. The molecule has 0 spiro atoms. The second-order valence-electron chi connectivity index (χ2n) is 7.07. The smallest absolute Gasteiger partial charge is 0.251 e. The Labute approximate surface area is 182 Å². The average molecular weight is 440 g/mol. The van der Waals surface area contributed by atoms with Gasteiger partial charge in [0.25, 0.3) is 5.91 Å². The van der Waals surface area contributed by atoms with Crippen molar-refractivity contribution in [3.63, 3.8) is 0 Å². The molecule has 1 N–H and O–H groups in total. The fourth-order valence-electron chi connectivity index (χ4n) is 3.05. The minimum Gasteiger partial charge on any atom is -0.345 e. The van der Waals surface area contributed by atoms with Gasteiger partial charge in [0, 0.05) is 22.5 Å². The van der Waals surface area contributed by atoms with E-state index in [2.05, 4.69) is 17.4 Å². The second kappa shape index (κ2) is 9.96. The van der Waals surface area contributed by atoms with Crippen LogP contribution in [0.3, 0.4) is 0 Å². The van der Waals surface area contributed by atoms with Crippen LogP contribution in [0.1, 0.15) is 40.9 Å². The van der Waals surface area contributed by atoms with E-state index in [1.807, 2.05) is 49.4 Å².